The van der Waals surface area contributed by atoms with Crippen LogP contribution in [0.5, 0.6) is 5.75 Å². The second-order valence-corrected chi connectivity index (χ2v) is 7.74. The molecule has 0 atom stereocenters. The van der Waals surface area contributed by atoms with E-state index in [4.69, 9.17) is 14.7 Å². The topological polar surface area (TPSA) is 54.4 Å². The number of nitrogens with zero attached hydrogens (tertiary/aromatic N) is 5. The molecular formula is C25H25N5O. The fourth-order valence-electron chi connectivity index (χ4n) is 4.03. The van der Waals surface area contributed by atoms with Gasteiger partial charge in [-0.05, 0) is 42.0 Å². The molecule has 6 nitrogen and oxygen atoms in total. The van der Waals surface area contributed by atoms with Crippen molar-refractivity contribution in [3.05, 3.63) is 78.6 Å². The largest absolute Gasteiger partial charge is 0.497 e. The lowest BCUT2D eigenvalue weighted by Gasteiger charge is -2.36. The van der Waals surface area contributed by atoms with Crippen molar-refractivity contribution in [3.63, 3.8) is 0 Å². The summed E-state index contributed by atoms with van der Waals surface area (Å²) < 4.78 is 5.26. The molecule has 1 aliphatic heterocycles. The predicted octanol–water partition coefficient (Wildman–Crippen LogP) is 4.02. The van der Waals surface area contributed by atoms with E-state index in [1.165, 1.54) is 5.56 Å². The fourth-order valence-corrected chi connectivity index (χ4v) is 4.03. The van der Waals surface area contributed by atoms with Crippen LogP contribution >= 0.6 is 0 Å². The van der Waals surface area contributed by atoms with E-state index in [1.54, 1.807) is 13.3 Å². The van der Waals surface area contributed by atoms with Crippen molar-refractivity contribution in [1.29, 1.82) is 0 Å². The highest BCUT2D eigenvalue weighted by molar-refractivity contribution is 5.91. The van der Waals surface area contributed by atoms with Crippen molar-refractivity contribution in [2.45, 2.75) is 6.54 Å². The molecule has 4 aromatic rings. The third-order valence-corrected chi connectivity index (χ3v) is 5.74. The summed E-state index contributed by atoms with van der Waals surface area (Å²) in [7, 11) is 1.70. The van der Waals surface area contributed by atoms with Crippen molar-refractivity contribution in [3.8, 4) is 17.1 Å². The molecule has 0 bridgehead atoms. The SMILES string of the molecule is COc1ccc(CN2CCN(c3nc(-c4cccnc4)nc4ccccc34)CC2)cc1. The number of ether oxygens (including phenoxy) is 1. The van der Waals surface area contributed by atoms with Crippen LogP contribution in [0.4, 0.5) is 5.82 Å². The molecule has 6 heteroatoms. The summed E-state index contributed by atoms with van der Waals surface area (Å²) in [5.41, 5.74) is 3.21. The van der Waals surface area contributed by atoms with Gasteiger partial charge in [-0.3, -0.25) is 9.88 Å². The lowest BCUT2D eigenvalue weighted by molar-refractivity contribution is 0.249. The van der Waals surface area contributed by atoms with E-state index in [-0.39, 0.29) is 0 Å². The third-order valence-electron chi connectivity index (χ3n) is 5.74. The Morgan fingerprint density at radius 1 is 0.871 bits per heavy atom. The van der Waals surface area contributed by atoms with E-state index >= 15 is 0 Å². The number of fused-ring (bicyclic) bond motifs is 1. The number of piperazine rings is 1. The first kappa shape index (κ1) is 19.5. The van der Waals surface area contributed by atoms with Crippen LogP contribution < -0.4 is 9.64 Å². The maximum absolute atomic E-state index is 5.26. The van der Waals surface area contributed by atoms with E-state index in [2.05, 4.69) is 45.1 Å². The number of methoxy groups -OCH3 is 1. The highest BCUT2D eigenvalue weighted by atomic mass is 16.5. The Bertz CT molecular complexity index is 1160. The highest BCUT2D eigenvalue weighted by Crippen LogP contribution is 2.28. The third kappa shape index (κ3) is 4.20. The van der Waals surface area contributed by atoms with Crippen molar-refractivity contribution in [2.75, 3.05) is 38.2 Å². The average Bonchev–Trinajstić information content (AvgIpc) is 2.85. The smallest absolute Gasteiger partial charge is 0.163 e. The van der Waals surface area contributed by atoms with E-state index in [9.17, 15) is 0 Å². The first-order valence-electron chi connectivity index (χ1n) is 10.6. The fraction of sp³-hybridized carbons (Fsp3) is 0.240. The summed E-state index contributed by atoms with van der Waals surface area (Å²) in [4.78, 5) is 18.9. The van der Waals surface area contributed by atoms with Crippen LogP contribution in [0, 0.1) is 0 Å². The Morgan fingerprint density at radius 2 is 1.68 bits per heavy atom. The Balaban J connectivity index is 1.36. The van der Waals surface area contributed by atoms with Gasteiger partial charge in [0.05, 0.1) is 12.6 Å². The molecule has 5 rings (SSSR count). The monoisotopic (exact) mass is 411 g/mol. The molecule has 156 valence electrons. The average molecular weight is 412 g/mol. The van der Waals surface area contributed by atoms with Crippen molar-refractivity contribution < 1.29 is 4.74 Å². The van der Waals surface area contributed by atoms with Crippen LogP contribution in [0.1, 0.15) is 5.56 Å². The number of aromatic nitrogens is 3. The quantitative estimate of drug-likeness (QED) is 0.494. The van der Waals surface area contributed by atoms with Crippen LogP contribution in [0.3, 0.4) is 0 Å². The summed E-state index contributed by atoms with van der Waals surface area (Å²) in [6.07, 6.45) is 3.59. The number of benzene rings is 2. The molecule has 31 heavy (non-hydrogen) atoms. The van der Waals surface area contributed by atoms with E-state index in [0.717, 1.165) is 66.6 Å². The molecule has 1 fully saturated rings. The second kappa shape index (κ2) is 8.70. The number of anilines is 1. The highest BCUT2D eigenvalue weighted by Gasteiger charge is 2.21. The molecule has 3 heterocycles. The van der Waals surface area contributed by atoms with Gasteiger partial charge in [0.15, 0.2) is 5.82 Å². The zero-order valence-electron chi connectivity index (χ0n) is 17.6. The minimum atomic E-state index is 0.725. The molecule has 0 unspecified atom stereocenters. The van der Waals surface area contributed by atoms with Gasteiger partial charge in [-0.15, -0.1) is 0 Å². The minimum Gasteiger partial charge on any atom is -0.497 e. The first-order chi connectivity index (χ1) is 15.3. The van der Waals surface area contributed by atoms with Crippen molar-refractivity contribution in [1.82, 2.24) is 19.9 Å². The lowest BCUT2D eigenvalue weighted by atomic mass is 10.1. The van der Waals surface area contributed by atoms with Gasteiger partial charge in [-0.1, -0.05) is 24.3 Å². The van der Waals surface area contributed by atoms with Gasteiger partial charge >= 0.3 is 0 Å². The molecule has 2 aromatic heterocycles. The van der Waals surface area contributed by atoms with E-state index < -0.39 is 0 Å². The van der Waals surface area contributed by atoms with Crippen LogP contribution in [0.15, 0.2) is 73.1 Å². The van der Waals surface area contributed by atoms with Crippen molar-refractivity contribution >= 4 is 16.7 Å². The molecule has 0 spiro atoms. The molecule has 1 aliphatic rings. The molecule has 0 amide bonds. The molecular weight excluding hydrogens is 386 g/mol. The molecule has 2 aromatic carbocycles. The first-order valence-corrected chi connectivity index (χ1v) is 10.6. The van der Waals surface area contributed by atoms with Gasteiger partial charge in [0.1, 0.15) is 11.6 Å². The Hall–Kier alpha value is -3.51. The number of hydrogen-bond acceptors (Lipinski definition) is 6. The Labute approximate surface area is 182 Å². The Kier molecular flexibility index (Phi) is 5.46. The zero-order valence-corrected chi connectivity index (χ0v) is 17.6. The van der Waals surface area contributed by atoms with Gasteiger partial charge < -0.3 is 9.64 Å². The van der Waals surface area contributed by atoms with Crippen LogP contribution in [0.25, 0.3) is 22.3 Å². The summed E-state index contributed by atoms with van der Waals surface area (Å²) >= 11 is 0. The predicted molar refractivity (Wildman–Crippen MR) is 123 cm³/mol. The number of hydrogen-bond donors (Lipinski definition) is 0. The van der Waals surface area contributed by atoms with Crippen LogP contribution in [-0.2, 0) is 6.54 Å². The molecule has 0 N–H and O–H groups in total. The molecule has 0 saturated carbocycles. The number of pyridine rings is 1. The number of rotatable bonds is 5. The maximum Gasteiger partial charge on any atom is 0.163 e. The van der Waals surface area contributed by atoms with E-state index in [1.807, 2.05) is 36.5 Å². The van der Waals surface area contributed by atoms with Gasteiger partial charge in [-0.2, -0.15) is 0 Å². The van der Waals surface area contributed by atoms with E-state index in [0.29, 0.717) is 0 Å². The molecule has 0 aliphatic carbocycles. The van der Waals surface area contributed by atoms with Gasteiger partial charge in [-0.25, -0.2) is 9.97 Å². The minimum absolute atomic E-state index is 0.725. The summed E-state index contributed by atoms with van der Waals surface area (Å²) in [5.74, 6) is 2.63. The molecule has 1 saturated heterocycles. The van der Waals surface area contributed by atoms with Gasteiger partial charge in [0, 0.05) is 56.1 Å². The summed E-state index contributed by atoms with van der Waals surface area (Å²) in [6, 6.07) is 20.5. The standard InChI is InChI=1S/C25H25N5O/c1-31-21-10-8-19(9-11-21)18-29-13-15-30(16-14-29)25-22-6-2-3-7-23(22)27-24(28-25)20-5-4-12-26-17-20/h2-12,17H,13-16,18H2,1H3. The van der Waals surface area contributed by atoms with Crippen LogP contribution in [0.2, 0.25) is 0 Å². The van der Waals surface area contributed by atoms with Crippen LogP contribution in [-0.4, -0.2) is 53.1 Å². The van der Waals surface area contributed by atoms with Gasteiger partial charge in [0.25, 0.3) is 0 Å². The maximum atomic E-state index is 5.26. The Morgan fingerprint density at radius 3 is 2.42 bits per heavy atom. The normalized spacial score (nSPS) is 14.7. The van der Waals surface area contributed by atoms with Crippen molar-refractivity contribution in [2.24, 2.45) is 0 Å². The lowest BCUT2D eigenvalue weighted by Crippen LogP contribution is -2.46. The molecule has 0 radical (unpaired) electrons. The second-order valence-electron chi connectivity index (χ2n) is 7.74. The summed E-state index contributed by atoms with van der Waals surface area (Å²) in [5, 5.41) is 1.10. The van der Waals surface area contributed by atoms with Gasteiger partial charge in [0.2, 0.25) is 0 Å². The number of para-hydroxylation sites is 1. The summed E-state index contributed by atoms with van der Waals surface area (Å²) in [6.45, 7) is 4.80. The zero-order chi connectivity index (χ0) is 21.0.